The Balaban J connectivity index is 1.22. The minimum absolute atomic E-state index is 0.0982. The number of hydrogen-bond donors (Lipinski definition) is 2. The predicted molar refractivity (Wildman–Crippen MR) is 142 cm³/mol. The minimum Gasteiger partial charge on any atom is -0.445 e. The van der Waals surface area contributed by atoms with Gasteiger partial charge in [-0.15, -0.1) is 0 Å². The van der Waals surface area contributed by atoms with E-state index in [9.17, 15) is 4.79 Å². The summed E-state index contributed by atoms with van der Waals surface area (Å²) in [5.74, 6) is 0.834. The standard InChI is InChI=1S/C28H29N7O2/c1-18-13-22-23(15-31-26(22)30-14-18)25-24(29-3)16-32-27(34-25)33-19(2)21-9-11-35(12-10-21)28(36)37-17-20-7-5-4-6-8-20/h4-8,13-16,19,21H,9-12,17H2,1-2H3,(H,30,31)(H,32,33,34). The Morgan fingerprint density at radius 3 is 2.78 bits per heavy atom. The van der Waals surface area contributed by atoms with Gasteiger partial charge in [0.15, 0.2) is 0 Å². The van der Waals surface area contributed by atoms with Crippen molar-refractivity contribution < 1.29 is 9.53 Å². The van der Waals surface area contributed by atoms with E-state index in [0.29, 0.717) is 36.3 Å². The van der Waals surface area contributed by atoms with Crippen LogP contribution in [0.2, 0.25) is 0 Å². The number of nitrogens with zero attached hydrogens (tertiary/aromatic N) is 5. The van der Waals surface area contributed by atoms with Gasteiger partial charge in [0.05, 0.1) is 12.3 Å². The van der Waals surface area contributed by atoms with Crippen LogP contribution in [0.5, 0.6) is 0 Å². The molecule has 188 valence electrons. The number of benzene rings is 1. The van der Waals surface area contributed by atoms with Gasteiger partial charge < -0.3 is 19.9 Å². The van der Waals surface area contributed by atoms with Crippen LogP contribution in [-0.4, -0.2) is 50.1 Å². The van der Waals surface area contributed by atoms with Crippen LogP contribution in [0, 0.1) is 19.4 Å². The van der Waals surface area contributed by atoms with E-state index in [-0.39, 0.29) is 18.7 Å². The molecule has 2 N–H and O–H groups in total. The SMILES string of the molecule is [C-]#[N+]c1cnc(NC(C)C2CCN(C(=O)OCc3ccccc3)CC2)nc1-c1c[nH]c2ncc(C)cc12. The average Bonchev–Trinajstić information content (AvgIpc) is 3.35. The fourth-order valence-corrected chi connectivity index (χ4v) is 4.74. The molecule has 0 bridgehead atoms. The van der Waals surface area contributed by atoms with Gasteiger partial charge in [-0.25, -0.2) is 24.6 Å². The predicted octanol–water partition coefficient (Wildman–Crippen LogP) is 5.73. The minimum atomic E-state index is -0.269. The molecule has 3 aromatic heterocycles. The van der Waals surface area contributed by atoms with Crippen molar-refractivity contribution in [2.24, 2.45) is 5.92 Å². The van der Waals surface area contributed by atoms with Crippen molar-refractivity contribution in [3.63, 3.8) is 0 Å². The molecule has 0 radical (unpaired) electrons. The van der Waals surface area contributed by atoms with Gasteiger partial charge in [-0.3, -0.25) is 0 Å². The van der Waals surface area contributed by atoms with Crippen molar-refractivity contribution in [3.8, 4) is 11.3 Å². The molecule has 5 rings (SSSR count). The first-order valence-electron chi connectivity index (χ1n) is 12.4. The number of anilines is 1. The number of fused-ring (bicyclic) bond motifs is 1. The molecule has 1 aromatic carbocycles. The van der Waals surface area contributed by atoms with Gasteiger partial charge in [-0.1, -0.05) is 30.3 Å². The van der Waals surface area contributed by atoms with Crippen LogP contribution in [0.15, 0.2) is 55.0 Å². The molecule has 0 saturated carbocycles. The lowest BCUT2D eigenvalue weighted by atomic mass is 9.90. The summed E-state index contributed by atoms with van der Waals surface area (Å²) in [7, 11) is 0. The zero-order valence-corrected chi connectivity index (χ0v) is 20.9. The van der Waals surface area contributed by atoms with Gasteiger partial charge in [0.25, 0.3) is 0 Å². The summed E-state index contributed by atoms with van der Waals surface area (Å²) in [6.07, 6.45) is 6.66. The summed E-state index contributed by atoms with van der Waals surface area (Å²) in [4.78, 5) is 34.6. The molecule has 1 amide bonds. The highest BCUT2D eigenvalue weighted by Crippen LogP contribution is 2.34. The summed E-state index contributed by atoms with van der Waals surface area (Å²) < 4.78 is 5.49. The highest BCUT2D eigenvalue weighted by Gasteiger charge is 2.28. The van der Waals surface area contributed by atoms with E-state index in [1.807, 2.05) is 49.5 Å². The van der Waals surface area contributed by atoms with Crippen LogP contribution in [-0.2, 0) is 11.3 Å². The number of H-pyrrole nitrogens is 1. The molecular formula is C28H29N7O2. The molecule has 1 aliphatic heterocycles. The maximum absolute atomic E-state index is 12.5. The number of amides is 1. The van der Waals surface area contributed by atoms with Crippen LogP contribution in [0.3, 0.4) is 0 Å². The third-order valence-electron chi connectivity index (χ3n) is 6.88. The molecule has 4 aromatic rings. The van der Waals surface area contributed by atoms with Gasteiger partial charge in [0, 0.05) is 48.7 Å². The second-order valence-corrected chi connectivity index (χ2v) is 9.45. The van der Waals surface area contributed by atoms with Crippen LogP contribution >= 0.6 is 0 Å². The van der Waals surface area contributed by atoms with E-state index in [0.717, 1.165) is 40.6 Å². The smallest absolute Gasteiger partial charge is 0.410 e. The monoisotopic (exact) mass is 495 g/mol. The number of piperidine rings is 1. The van der Waals surface area contributed by atoms with E-state index in [1.54, 1.807) is 17.3 Å². The number of hydrogen-bond acceptors (Lipinski definition) is 6. The molecule has 1 fully saturated rings. The number of aryl methyl sites for hydroxylation is 1. The number of likely N-dealkylation sites (tertiary alicyclic amines) is 1. The third-order valence-corrected chi connectivity index (χ3v) is 6.88. The molecule has 4 heterocycles. The van der Waals surface area contributed by atoms with E-state index < -0.39 is 0 Å². The molecule has 9 heteroatoms. The van der Waals surface area contributed by atoms with Crippen molar-refractivity contribution in [2.45, 2.75) is 39.3 Å². The summed E-state index contributed by atoms with van der Waals surface area (Å²) >= 11 is 0. The molecule has 37 heavy (non-hydrogen) atoms. The van der Waals surface area contributed by atoms with Crippen molar-refractivity contribution >= 4 is 28.8 Å². The van der Waals surface area contributed by atoms with Gasteiger partial charge >= 0.3 is 6.09 Å². The van der Waals surface area contributed by atoms with Crippen molar-refractivity contribution in [2.75, 3.05) is 18.4 Å². The largest absolute Gasteiger partial charge is 0.445 e. The number of carbonyl (C=O) groups is 1. The number of ether oxygens (including phenoxy) is 1. The fraction of sp³-hybridized carbons (Fsp3) is 0.321. The van der Waals surface area contributed by atoms with E-state index in [4.69, 9.17) is 16.3 Å². The highest BCUT2D eigenvalue weighted by molar-refractivity contribution is 5.96. The Morgan fingerprint density at radius 1 is 1.24 bits per heavy atom. The lowest BCUT2D eigenvalue weighted by molar-refractivity contribution is 0.0809. The Morgan fingerprint density at radius 2 is 2.03 bits per heavy atom. The second kappa shape index (κ2) is 10.7. The Kier molecular flexibility index (Phi) is 6.99. The zero-order chi connectivity index (χ0) is 25.8. The number of aromatic amines is 1. The number of nitrogens with one attached hydrogen (secondary N) is 2. The average molecular weight is 496 g/mol. The number of carbonyl (C=O) groups excluding carboxylic acids is 1. The lowest BCUT2D eigenvalue weighted by Gasteiger charge is -2.34. The Bertz CT molecular complexity index is 1440. The second-order valence-electron chi connectivity index (χ2n) is 9.45. The first-order chi connectivity index (χ1) is 18.0. The molecule has 9 nitrogen and oxygen atoms in total. The van der Waals surface area contributed by atoms with Crippen LogP contribution < -0.4 is 5.32 Å². The molecule has 1 aliphatic rings. The summed E-state index contributed by atoms with van der Waals surface area (Å²) in [6.45, 7) is 13.3. The first kappa shape index (κ1) is 24.3. The van der Waals surface area contributed by atoms with E-state index >= 15 is 0 Å². The lowest BCUT2D eigenvalue weighted by Crippen LogP contribution is -2.42. The topological polar surface area (TPSA) is 100 Å². The Labute approximate surface area is 215 Å². The third kappa shape index (κ3) is 5.38. The highest BCUT2D eigenvalue weighted by atomic mass is 16.6. The van der Waals surface area contributed by atoms with Crippen LogP contribution in [0.25, 0.3) is 27.1 Å². The van der Waals surface area contributed by atoms with E-state index in [1.165, 1.54) is 0 Å². The molecule has 1 saturated heterocycles. The van der Waals surface area contributed by atoms with Crippen molar-refractivity contribution in [1.29, 1.82) is 0 Å². The van der Waals surface area contributed by atoms with Crippen LogP contribution in [0.4, 0.5) is 16.4 Å². The normalized spacial score (nSPS) is 14.8. The van der Waals surface area contributed by atoms with Crippen molar-refractivity contribution in [1.82, 2.24) is 24.8 Å². The van der Waals surface area contributed by atoms with Gasteiger partial charge in [0.2, 0.25) is 11.6 Å². The summed E-state index contributed by atoms with van der Waals surface area (Å²) in [6, 6.07) is 11.8. The Hall–Kier alpha value is -4.45. The quantitative estimate of drug-likeness (QED) is 0.332. The van der Waals surface area contributed by atoms with Crippen molar-refractivity contribution in [3.05, 3.63) is 77.5 Å². The molecule has 1 unspecified atom stereocenters. The van der Waals surface area contributed by atoms with Gasteiger partial charge in [-0.05, 0) is 49.8 Å². The van der Waals surface area contributed by atoms with E-state index in [2.05, 4.69) is 32.0 Å². The van der Waals surface area contributed by atoms with Gasteiger partial charge in [-0.2, -0.15) is 0 Å². The number of pyridine rings is 1. The van der Waals surface area contributed by atoms with Gasteiger partial charge in [0.1, 0.15) is 12.3 Å². The molecular weight excluding hydrogens is 466 g/mol. The molecule has 1 atom stereocenters. The maximum Gasteiger partial charge on any atom is 0.410 e. The summed E-state index contributed by atoms with van der Waals surface area (Å²) in [5.41, 5.74) is 4.57. The fourth-order valence-electron chi connectivity index (χ4n) is 4.74. The number of rotatable bonds is 6. The number of aromatic nitrogens is 4. The summed E-state index contributed by atoms with van der Waals surface area (Å²) in [5, 5.41) is 4.35. The molecule has 0 spiro atoms. The maximum atomic E-state index is 12.5. The zero-order valence-electron chi connectivity index (χ0n) is 20.9. The molecule has 0 aliphatic carbocycles. The first-order valence-corrected chi connectivity index (χ1v) is 12.4. The van der Waals surface area contributed by atoms with Crippen LogP contribution in [0.1, 0.15) is 30.9 Å².